The number of hydroxylamine groups is 1. The van der Waals surface area contributed by atoms with Gasteiger partial charge in [0.2, 0.25) is 23.5 Å². The minimum atomic E-state index is -1.09. The zero-order chi connectivity index (χ0) is 36.4. The molecule has 1 aromatic carbocycles. The van der Waals surface area contributed by atoms with E-state index in [-0.39, 0.29) is 42.7 Å². The second-order valence-corrected chi connectivity index (χ2v) is 16.5. The summed E-state index contributed by atoms with van der Waals surface area (Å²) in [5, 5.41) is 8.77. The molecule has 3 fully saturated rings. The fourth-order valence-electron chi connectivity index (χ4n) is 7.49. The number of ether oxygens (including phenoxy) is 1. The second-order valence-electron chi connectivity index (χ2n) is 16.1. The molecule has 0 bridgehead atoms. The van der Waals surface area contributed by atoms with Crippen molar-refractivity contribution in [1.82, 2.24) is 26.3 Å². The molecule has 3 heterocycles. The molecule has 12 nitrogen and oxygen atoms in total. The molecular weight excluding hydrogens is 662 g/mol. The maximum absolute atomic E-state index is 14.6. The number of amides is 4. The molecular formula is C37H52ClN5O7. The average molecular weight is 714 g/mol. The fourth-order valence-corrected chi connectivity index (χ4v) is 7.68. The van der Waals surface area contributed by atoms with Crippen LogP contribution in [0.15, 0.2) is 30.3 Å². The van der Waals surface area contributed by atoms with E-state index in [0.29, 0.717) is 23.7 Å². The molecule has 2 unspecified atom stereocenters. The topological polar surface area (TPSA) is 155 Å². The van der Waals surface area contributed by atoms with E-state index in [2.05, 4.69) is 21.4 Å². The molecule has 1 spiro atoms. The van der Waals surface area contributed by atoms with Gasteiger partial charge in [0, 0.05) is 37.1 Å². The summed E-state index contributed by atoms with van der Waals surface area (Å²) in [6, 6.07) is 4.17. The molecule has 2 saturated heterocycles. The normalized spacial score (nSPS) is 25.9. The van der Waals surface area contributed by atoms with E-state index in [0.717, 1.165) is 37.7 Å². The Balaban J connectivity index is 1.42. The van der Waals surface area contributed by atoms with Gasteiger partial charge >= 0.3 is 0 Å². The van der Waals surface area contributed by atoms with Gasteiger partial charge in [0.1, 0.15) is 17.7 Å². The first kappa shape index (κ1) is 37.8. The van der Waals surface area contributed by atoms with Gasteiger partial charge in [-0.05, 0) is 68.6 Å². The highest BCUT2D eigenvalue weighted by Gasteiger charge is 2.54. The standard InChI is InChI=1S/C37H52ClN5O7/c1-35(2,3)31(41-29(44)16-23-13-14-49-36(4,5)18-23)34(48)43-21-37(19-27(42-50-37)24-11-8-12-25(38)17-24)20-28(43)32(46)40-26(15-22-9-7-10-22)30(45)33(47)39-6/h8,11-12,17,19,22-23,26,28,31,42H,7,9-10,13-16,18,20-21H2,1-6H3,(H,39,47)(H,40,46)(H,41,44)/t23?,26?,28-,31+,37+/m0/s1. The molecule has 50 heavy (non-hydrogen) atoms. The minimum Gasteiger partial charge on any atom is -0.376 e. The molecule has 4 N–H and O–H groups in total. The third-order valence-corrected chi connectivity index (χ3v) is 10.7. The number of halogens is 1. The summed E-state index contributed by atoms with van der Waals surface area (Å²) in [5.74, 6) is -2.42. The van der Waals surface area contributed by atoms with E-state index in [9.17, 15) is 24.0 Å². The Hall–Kier alpha value is -3.48. The van der Waals surface area contributed by atoms with Gasteiger partial charge in [-0.2, -0.15) is 0 Å². The average Bonchev–Trinajstić information content (AvgIpc) is 3.62. The lowest BCUT2D eigenvalue weighted by Gasteiger charge is -2.37. The Labute approximate surface area is 299 Å². The highest BCUT2D eigenvalue weighted by molar-refractivity contribution is 6.38. The predicted octanol–water partition coefficient (Wildman–Crippen LogP) is 3.67. The van der Waals surface area contributed by atoms with E-state index in [1.54, 1.807) is 12.1 Å². The maximum Gasteiger partial charge on any atom is 0.289 e. The molecule has 13 heteroatoms. The molecule has 1 aliphatic carbocycles. The predicted molar refractivity (Wildman–Crippen MR) is 188 cm³/mol. The van der Waals surface area contributed by atoms with Gasteiger partial charge in [0.15, 0.2) is 0 Å². The first-order valence-electron chi connectivity index (χ1n) is 17.7. The van der Waals surface area contributed by atoms with Gasteiger partial charge in [0.25, 0.3) is 5.91 Å². The van der Waals surface area contributed by atoms with Crippen molar-refractivity contribution in [3.63, 3.8) is 0 Å². The van der Waals surface area contributed by atoms with Crippen LogP contribution in [-0.4, -0.2) is 83.8 Å². The van der Waals surface area contributed by atoms with Crippen molar-refractivity contribution in [1.29, 1.82) is 0 Å². The summed E-state index contributed by atoms with van der Waals surface area (Å²) in [4.78, 5) is 75.5. The van der Waals surface area contributed by atoms with Crippen molar-refractivity contribution in [3.05, 3.63) is 40.9 Å². The third kappa shape index (κ3) is 8.87. The number of carbonyl (C=O) groups is 5. The van der Waals surface area contributed by atoms with E-state index >= 15 is 0 Å². The fraction of sp³-hybridized carbons (Fsp3) is 0.649. The first-order valence-corrected chi connectivity index (χ1v) is 18.1. The van der Waals surface area contributed by atoms with Crippen LogP contribution in [0.2, 0.25) is 5.02 Å². The summed E-state index contributed by atoms with van der Waals surface area (Å²) in [6.07, 6.45) is 6.87. The first-order chi connectivity index (χ1) is 23.5. The molecule has 0 radical (unpaired) electrons. The molecule has 0 aromatic heterocycles. The number of ketones is 1. The number of hydrogen-bond donors (Lipinski definition) is 4. The molecule has 1 aromatic rings. The van der Waals surface area contributed by atoms with Gasteiger partial charge in [-0.15, -0.1) is 0 Å². The molecule has 5 rings (SSSR count). The van der Waals surface area contributed by atoms with Crippen LogP contribution in [-0.2, 0) is 33.5 Å². The van der Waals surface area contributed by atoms with E-state index in [4.69, 9.17) is 21.2 Å². The van der Waals surface area contributed by atoms with Crippen LogP contribution in [0, 0.1) is 17.3 Å². The van der Waals surface area contributed by atoms with Crippen molar-refractivity contribution >= 4 is 46.7 Å². The zero-order valence-electron chi connectivity index (χ0n) is 30.0. The van der Waals surface area contributed by atoms with Crippen LogP contribution in [0.4, 0.5) is 0 Å². The summed E-state index contributed by atoms with van der Waals surface area (Å²) >= 11 is 6.26. The Morgan fingerprint density at radius 3 is 2.42 bits per heavy atom. The van der Waals surface area contributed by atoms with Crippen LogP contribution in [0.25, 0.3) is 5.70 Å². The molecule has 5 atom stereocenters. The highest BCUT2D eigenvalue weighted by Crippen LogP contribution is 2.39. The molecule has 3 aliphatic heterocycles. The summed E-state index contributed by atoms with van der Waals surface area (Å²) in [7, 11) is 1.38. The third-order valence-electron chi connectivity index (χ3n) is 10.4. The number of rotatable bonds is 11. The Bertz CT molecular complexity index is 1520. The van der Waals surface area contributed by atoms with Crippen LogP contribution in [0.1, 0.15) is 91.5 Å². The van der Waals surface area contributed by atoms with Crippen LogP contribution in [0.5, 0.6) is 0 Å². The molecule has 274 valence electrons. The number of benzene rings is 1. The summed E-state index contributed by atoms with van der Waals surface area (Å²) in [5.41, 5.74) is 2.24. The quantitative estimate of drug-likeness (QED) is 0.254. The van der Waals surface area contributed by atoms with Gasteiger partial charge in [-0.3, -0.25) is 34.3 Å². The number of Topliss-reactive ketones (excluding diaryl/α,β-unsaturated/α-hetero) is 1. The maximum atomic E-state index is 14.6. The molecule has 4 amide bonds. The van der Waals surface area contributed by atoms with Crippen molar-refractivity contribution in [2.75, 3.05) is 20.2 Å². The second kappa shape index (κ2) is 15.0. The van der Waals surface area contributed by atoms with Gasteiger partial charge in [0.05, 0.1) is 23.9 Å². The van der Waals surface area contributed by atoms with E-state index in [1.165, 1.54) is 11.9 Å². The highest BCUT2D eigenvalue weighted by atomic mass is 35.5. The Morgan fingerprint density at radius 1 is 1.06 bits per heavy atom. The van der Waals surface area contributed by atoms with Crippen LogP contribution in [0.3, 0.4) is 0 Å². The Kier molecular flexibility index (Phi) is 11.3. The number of nitrogens with zero attached hydrogens (tertiary/aromatic N) is 1. The van der Waals surface area contributed by atoms with Crippen LogP contribution >= 0.6 is 11.6 Å². The lowest BCUT2D eigenvalue weighted by Crippen LogP contribution is -2.59. The van der Waals surface area contributed by atoms with Gasteiger partial charge < -0.3 is 25.6 Å². The number of hydrogen-bond acceptors (Lipinski definition) is 8. The lowest BCUT2D eigenvalue weighted by atomic mass is 9.80. The Morgan fingerprint density at radius 2 is 1.80 bits per heavy atom. The molecule has 4 aliphatic rings. The summed E-state index contributed by atoms with van der Waals surface area (Å²) < 4.78 is 5.83. The zero-order valence-corrected chi connectivity index (χ0v) is 30.8. The van der Waals surface area contributed by atoms with Crippen molar-refractivity contribution in [3.8, 4) is 0 Å². The van der Waals surface area contributed by atoms with Gasteiger partial charge in [-0.1, -0.05) is 63.8 Å². The monoisotopic (exact) mass is 713 g/mol. The van der Waals surface area contributed by atoms with Crippen molar-refractivity contribution in [2.45, 2.75) is 115 Å². The summed E-state index contributed by atoms with van der Waals surface area (Å²) in [6.45, 7) is 10.2. The largest absolute Gasteiger partial charge is 0.376 e. The van der Waals surface area contributed by atoms with E-state index < -0.39 is 52.6 Å². The van der Waals surface area contributed by atoms with E-state index in [1.807, 2.05) is 52.8 Å². The lowest BCUT2D eigenvalue weighted by molar-refractivity contribution is -0.145. The number of likely N-dealkylation sites (N-methyl/N-ethyl adjacent to an activating group) is 1. The SMILES string of the molecule is CNC(=O)C(=O)C(CC1CCC1)NC(=O)[C@@H]1C[C@]2(C=C(c3cccc(Cl)c3)NO2)CN1C(=O)[C@@H](NC(=O)CC1CCOC(C)(C)C1)C(C)(C)C. The number of carbonyl (C=O) groups excluding carboxylic acids is 5. The van der Waals surface area contributed by atoms with Crippen molar-refractivity contribution < 1.29 is 33.5 Å². The number of nitrogens with one attached hydrogen (secondary N) is 4. The van der Waals surface area contributed by atoms with Crippen LogP contribution < -0.4 is 21.4 Å². The molecule has 1 saturated carbocycles. The smallest absolute Gasteiger partial charge is 0.289 e. The van der Waals surface area contributed by atoms with Crippen molar-refractivity contribution in [2.24, 2.45) is 17.3 Å². The van der Waals surface area contributed by atoms with Gasteiger partial charge in [-0.25, -0.2) is 0 Å². The minimum absolute atomic E-state index is 0.00821. The number of likely N-dealkylation sites (tertiary alicyclic amines) is 1.